The Kier molecular flexibility index (Phi) is 5.27. The van der Waals surface area contributed by atoms with E-state index in [9.17, 15) is 8.78 Å². The minimum absolute atomic E-state index is 0.113. The molecule has 21 heavy (non-hydrogen) atoms. The summed E-state index contributed by atoms with van der Waals surface area (Å²) in [7, 11) is 0. The molecule has 0 bridgehead atoms. The predicted molar refractivity (Wildman–Crippen MR) is 73.7 cm³/mol. The second kappa shape index (κ2) is 7.17. The Balaban J connectivity index is 1.83. The Morgan fingerprint density at radius 3 is 2.76 bits per heavy atom. The van der Waals surface area contributed by atoms with E-state index < -0.39 is 11.6 Å². The van der Waals surface area contributed by atoms with Crippen molar-refractivity contribution in [1.82, 2.24) is 10.5 Å². The highest BCUT2D eigenvalue weighted by Crippen LogP contribution is 2.17. The van der Waals surface area contributed by atoms with Gasteiger partial charge in [0.25, 0.3) is 0 Å². The lowest BCUT2D eigenvalue weighted by Crippen LogP contribution is -2.19. The number of ether oxygens (including phenoxy) is 1. The first kappa shape index (κ1) is 15.4. The highest BCUT2D eigenvalue weighted by atomic mass is 19.2. The topological polar surface area (TPSA) is 47.3 Å². The van der Waals surface area contributed by atoms with Gasteiger partial charge in [-0.25, -0.2) is 8.78 Å². The van der Waals surface area contributed by atoms with Gasteiger partial charge in [0.2, 0.25) is 0 Å². The van der Waals surface area contributed by atoms with Gasteiger partial charge in [0.05, 0.1) is 5.69 Å². The zero-order chi connectivity index (χ0) is 15.2. The van der Waals surface area contributed by atoms with E-state index in [0.717, 1.165) is 24.4 Å². The third-order valence-corrected chi connectivity index (χ3v) is 2.74. The molecule has 0 saturated heterocycles. The van der Waals surface area contributed by atoms with Crippen molar-refractivity contribution >= 4 is 0 Å². The third-order valence-electron chi connectivity index (χ3n) is 2.74. The van der Waals surface area contributed by atoms with Gasteiger partial charge < -0.3 is 14.6 Å². The summed E-state index contributed by atoms with van der Waals surface area (Å²) in [5.74, 6) is -0.511. The van der Waals surface area contributed by atoms with Crippen LogP contribution in [0.15, 0.2) is 28.8 Å². The van der Waals surface area contributed by atoms with Crippen molar-refractivity contribution in [2.45, 2.75) is 27.0 Å². The number of benzene rings is 1. The maximum Gasteiger partial charge on any atom is 0.174 e. The van der Waals surface area contributed by atoms with Crippen molar-refractivity contribution in [1.29, 1.82) is 0 Å². The van der Waals surface area contributed by atoms with Gasteiger partial charge in [0.15, 0.2) is 17.4 Å². The molecule has 0 radical (unpaired) electrons. The first-order valence-electron chi connectivity index (χ1n) is 6.77. The van der Waals surface area contributed by atoms with Gasteiger partial charge in [-0.05, 0) is 24.6 Å². The van der Waals surface area contributed by atoms with Crippen LogP contribution < -0.4 is 10.1 Å². The number of rotatable bonds is 7. The van der Waals surface area contributed by atoms with Crippen LogP contribution in [0.3, 0.4) is 0 Å². The number of nitrogens with zero attached hydrogens (tertiary/aromatic N) is 1. The van der Waals surface area contributed by atoms with Crippen molar-refractivity contribution in [3.8, 4) is 5.75 Å². The summed E-state index contributed by atoms with van der Waals surface area (Å²) in [6, 6.07) is 5.15. The molecule has 1 aromatic heterocycles. The van der Waals surface area contributed by atoms with E-state index in [1.165, 1.54) is 6.07 Å². The van der Waals surface area contributed by atoms with E-state index in [1.54, 1.807) is 6.07 Å². The molecule has 0 unspecified atom stereocenters. The van der Waals surface area contributed by atoms with Gasteiger partial charge in [0, 0.05) is 18.7 Å². The number of nitrogens with one attached hydrogen (secondary N) is 1. The van der Waals surface area contributed by atoms with Gasteiger partial charge in [0.1, 0.15) is 12.4 Å². The quantitative estimate of drug-likeness (QED) is 0.852. The van der Waals surface area contributed by atoms with Crippen LogP contribution in [0.1, 0.15) is 25.3 Å². The Morgan fingerprint density at radius 2 is 2.05 bits per heavy atom. The molecule has 0 aliphatic carbocycles. The average molecular weight is 296 g/mol. The molecule has 4 nitrogen and oxygen atoms in total. The number of hydrogen-bond donors (Lipinski definition) is 1. The van der Waals surface area contributed by atoms with Gasteiger partial charge in [-0.2, -0.15) is 0 Å². The maximum atomic E-state index is 13.0. The van der Waals surface area contributed by atoms with Crippen molar-refractivity contribution < 1.29 is 18.0 Å². The van der Waals surface area contributed by atoms with Gasteiger partial charge in [-0.15, -0.1) is 0 Å². The lowest BCUT2D eigenvalue weighted by atomic mass is 10.2. The van der Waals surface area contributed by atoms with E-state index >= 15 is 0 Å². The van der Waals surface area contributed by atoms with Crippen LogP contribution in [0.2, 0.25) is 0 Å². The largest absolute Gasteiger partial charge is 0.485 e. The van der Waals surface area contributed by atoms with Crippen molar-refractivity contribution in [3.63, 3.8) is 0 Å². The number of aromatic nitrogens is 1. The summed E-state index contributed by atoms with van der Waals surface area (Å²) in [5.41, 5.74) is 0.777. The van der Waals surface area contributed by atoms with E-state index in [-0.39, 0.29) is 12.4 Å². The van der Waals surface area contributed by atoms with E-state index in [0.29, 0.717) is 18.2 Å². The lowest BCUT2D eigenvalue weighted by molar-refractivity contribution is 0.247. The molecule has 2 aromatic rings. The fourth-order valence-electron chi connectivity index (χ4n) is 1.72. The molecule has 0 spiro atoms. The Hall–Kier alpha value is -1.95. The molecule has 6 heteroatoms. The van der Waals surface area contributed by atoms with E-state index in [2.05, 4.69) is 24.3 Å². The van der Waals surface area contributed by atoms with Gasteiger partial charge in [-0.3, -0.25) is 0 Å². The SMILES string of the molecule is CC(C)CNCc1cc(COc2ccc(F)c(F)c2)on1. The van der Waals surface area contributed by atoms with Crippen LogP contribution in [-0.4, -0.2) is 11.7 Å². The molecule has 0 aliphatic rings. The smallest absolute Gasteiger partial charge is 0.174 e. The maximum absolute atomic E-state index is 13.0. The van der Waals surface area contributed by atoms with E-state index in [4.69, 9.17) is 9.26 Å². The summed E-state index contributed by atoms with van der Waals surface area (Å²) in [6.07, 6.45) is 0. The van der Waals surface area contributed by atoms with Crippen molar-refractivity contribution in [2.24, 2.45) is 5.92 Å². The molecular weight excluding hydrogens is 278 g/mol. The van der Waals surface area contributed by atoms with Gasteiger partial charge in [-0.1, -0.05) is 19.0 Å². The summed E-state index contributed by atoms with van der Waals surface area (Å²) in [5, 5.41) is 7.15. The molecular formula is C15H18F2N2O2. The molecule has 1 aromatic carbocycles. The Morgan fingerprint density at radius 1 is 1.24 bits per heavy atom. The summed E-state index contributed by atoms with van der Waals surface area (Å²) in [6.45, 7) is 5.87. The molecule has 0 aliphatic heterocycles. The second-order valence-electron chi connectivity index (χ2n) is 5.17. The van der Waals surface area contributed by atoms with Crippen molar-refractivity contribution in [3.05, 3.63) is 47.4 Å². The van der Waals surface area contributed by atoms with E-state index in [1.807, 2.05) is 0 Å². The van der Waals surface area contributed by atoms with Crippen LogP contribution >= 0.6 is 0 Å². The monoisotopic (exact) mass is 296 g/mol. The number of hydrogen-bond acceptors (Lipinski definition) is 4. The normalized spacial score (nSPS) is 11.1. The standard InChI is InChI=1S/C15H18F2N2O2/c1-10(2)7-18-8-11-5-13(21-19-11)9-20-12-3-4-14(16)15(17)6-12/h3-6,10,18H,7-9H2,1-2H3. The average Bonchev–Trinajstić information content (AvgIpc) is 2.88. The summed E-state index contributed by atoms with van der Waals surface area (Å²) < 4.78 is 36.2. The number of halogens is 2. The van der Waals surface area contributed by atoms with Crippen LogP contribution in [0.4, 0.5) is 8.78 Å². The van der Waals surface area contributed by atoms with Crippen LogP contribution in [-0.2, 0) is 13.2 Å². The fourth-order valence-corrected chi connectivity index (χ4v) is 1.72. The Labute approximate surface area is 122 Å². The lowest BCUT2D eigenvalue weighted by Gasteiger charge is -2.04. The predicted octanol–water partition coefficient (Wildman–Crippen LogP) is 3.28. The fraction of sp³-hybridized carbons (Fsp3) is 0.400. The molecule has 0 fully saturated rings. The highest BCUT2D eigenvalue weighted by Gasteiger charge is 2.07. The highest BCUT2D eigenvalue weighted by molar-refractivity contribution is 5.23. The van der Waals surface area contributed by atoms with Crippen LogP contribution in [0.25, 0.3) is 0 Å². The minimum Gasteiger partial charge on any atom is -0.485 e. The second-order valence-corrected chi connectivity index (χ2v) is 5.17. The van der Waals surface area contributed by atoms with Crippen LogP contribution in [0.5, 0.6) is 5.75 Å². The molecule has 0 saturated carbocycles. The molecule has 2 rings (SSSR count). The first-order valence-corrected chi connectivity index (χ1v) is 6.77. The zero-order valence-corrected chi connectivity index (χ0v) is 12.0. The summed E-state index contributed by atoms with van der Waals surface area (Å²) >= 11 is 0. The molecule has 0 amide bonds. The zero-order valence-electron chi connectivity index (χ0n) is 12.0. The first-order chi connectivity index (χ1) is 10.0. The van der Waals surface area contributed by atoms with Crippen LogP contribution in [0, 0.1) is 17.6 Å². The molecule has 114 valence electrons. The molecule has 1 N–H and O–H groups in total. The van der Waals surface area contributed by atoms with Gasteiger partial charge >= 0.3 is 0 Å². The third kappa shape index (κ3) is 4.82. The Bertz CT molecular complexity index is 585. The molecule has 0 atom stereocenters. The minimum atomic E-state index is -0.941. The van der Waals surface area contributed by atoms with Crippen molar-refractivity contribution in [2.75, 3.05) is 6.54 Å². The summed E-state index contributed by atoms with van der Waals surface area (Å²) in [4.78, 5) is 0. The molecule has 1 heterocycles.